The van der Waals surface area contributed by atoms with Crippen molar-refractivity contribution < 1.29 is 4.79 Å². The third-order valence-corrected chi connectivity index (χ3v) is 5.80. The summed E-state index contributed by atoms with van der Waals surface area (Å²) in [6, 6.07) is 15.0. The van der Waals surface area contributed by atoms with E-state index in [2.05, 4.69) is 17.1 Å². The number of hydrogen-bond donors (Lipinski definition) is 0. The van der Waals surface area contributed by atoms with Gasteiger partial charge in [0.25, 0.3) is 5.56 Å². The molecule has 2 aromatic carbocycles. The maximum absolute atomic E-state index is 13.4. The molecule has 4 aromatic rings. The molecule has 5 rings (SSSR count). The number of fused-ring (bicyclic) bond motifs is 1. The average Bonchev–Trinajstić information content (AvgIpc) is 3.50. The largest absolute Gasteiger partial charge is 0.293 e. The highest BCUT2D eigenvalue weighted by Gasteiger charge is 2.30. The van der Waals surface area contributed by atoms with Crippen molar-refractivity contribution in [3.8, 4) is 5.69 Å². The lowest BCUT2D eigenvalue weighted by Gasteiger charge is -2.10. The molecule has 0 saturated heterocycles. The van der Waals surface area contributed by atoms with E-state index in [0.717, 1.165) is 35.2 Å². The zero-order valence-corrected chi connectivity index (χ0v) is 17.0. The fourth-order valence-corrected chi connectivity index (χ4v) is 3.76. The Labute approximate surface area is 173 Å². The summed E-state index contributed by atoms with van der Waals surface area (Å²) in [4.78, 5) is 26.1. The SMILES string of the molecule is Cc1ccc(-n2ncc3c(C4CC4)nn(CC(=O)c4ccccc4)c(=O)c32)cc1C. The van der Waals surface area contributed by atoms with E-state index in [4.69, 9.17) is 0 Å². The number of benzene rings is 2. The van der Waals surface area contributed by atoms with Crippen LogP contribution in [0.5, 0.6) is 0 Å². The van der Waals surface area contributed by atoms with E-state index in [-0.39, 0.29) is 17.9 Å². The van der Waals surface area contributed by atoms with Gasteiger partial charge in [0.15, 0.2) is 5.78 Å². The van der Waals surface area contributed by atoms with Gasteiger partial charge in [-0.3, -0.25) is 9.59 Å². The lowest BCUT2D eigenvalue weighted by Crippen LogP contribution is -2.29. The zero-order valence-electron chi connectivity index (χ0n) is 17.0. The Bertz CT molecular complexity index is 1330. The Hall–Kier alpha value is -3.54. The summed E-state index contributed by atoms with van der Waals surface area (Å²) in [7, 11) is 0. The monoisotopic (exact) mass is 398 g/mol. The van der Waals surface area contributed by atoms with Gasteiger partial charge >= 0.3 is 0 Å². The van der Waals surface area contributed by atoms with Crippen LogP contribution in [0.3, 0.4) is 0 Å². The number of Topliss-reactive ketones (excluding diaryl/α,β-unsaturated/α-hetero) is 1. The first-order chi connectivity index (χ1) is 14.5. The smallest absolute Gasteiger partial charge is 0.292 e. The highest BCUT2D eigenvalue weighted by atomic mass is 16.1. The van der Waals surface area contributed by atoms with Gasteiger partial charge in [-0.2, -0.15) is 10.2 Å². The molecule has 0 aliphatic heterocycles. The van der Waals surface area contributed by atoms with Gasteiger partial charge in [-0.25, -0.2) is 9.36 Å². The van der Waals surface area contributed by atoms with Crippen LogP contribution in [0.15, 0.2) is 59.5 Å². The van der Waals surface area contributed by atoms with Crippen LogP contribution in [0.4, 0.5) is 0 Å². The van der Waals surface area contributed by atoms with E-state index in [1.165, 1.54) is 10.2 Å². The van der Waals surface area contributed by atoms with Gasteiger partial charge < -0.3 is 0 Å². The number of ketones is 1. The molecular formula is C24H22N4O2. The molecular weight excluding hydrogens is 376 g/mol. The van der Waals surface area contributed by atoms with Crippen molar-refractivity contribution in [2.75, 3.05) is 0 Å². The van der Waals surface area contributed by atoms with Gasteiger partial charge in [0, 0.05) is 16.9 Å². The molecule has 1 fully saturated rings. The number of carbonyl (C=O) groups excluding carboxylic acids is 1. The van der Waals surface area contributed by atoms with Crippen molar-refractivity contribution in [3.63, 3.8) is 0 Å². The van der Waals surface area contributed by atoms with Gasteiger partial charge in [0.1, 0.15) is 12.1 Å². The number of aromatic nitrogens is 4. The van der Waals surface area contributed by atoms with Crippen LogP contribution >= 0.6 is 0 Å². The van der Waals surface area contributed by atoms with Crippen LogP contribution in [0, 0.1) is 13.8 Å². The zero-order chi connectivity index (χ0) is 20.8. The summed E-state index contributed by atoms with van der Waals surface area (Å²) in [5.74, 6) is 0.187. The quantitative estimate of drug-likeness (QED) is 0.477. The summed E-state index contributed by atoms with van der Waals surface area (Å²) < 4.78 is 2.99. The molecule has 0 atom stereocenters. The predicted molar refractivity (Wildman–Crippen MR) is 115 cm³/mol. The molecule has 1 aliphatic rings. The second kappa shape index (κ2) is 7.06. The molecule has 0 spiro atoms. The number of hydrogen-bond acceptors (Lipinski definition) is 4. The Morgan fingerprint density at radius 3 is 2.53 bits per heavy atom. The van der Waals surface area contributed by atoms with Crippen molar-refractivity contribution in [3.05, 3.63) is 87.5 Å². The Morgan fingerprint density at radius 2 is 1.83 bits per heavy atom. The molecule has 30 heavy (non-hydrogen) atoms. The fourth-order valence-electron chi connectivity index (χ4n) is 3.76. The molecule has 0 N–H and O–H groups in total. The topological polar surface area (TPSA) is 69.8 Å². The maximum atomic E-state index is 13.4. The molecule has 2 heterocycles. The van der Waals surface area contributed by atoms with E-state index in [0.29, 0.717) is 17.0 Å². The van der Waals surface area contributed by atoms with Gasteiger partial charge in [0.05, 0.1) is 17.6 Å². The average molecular weight is 398 g/mol. The lowest BCUT2D eigenvalue weighted by molar-refractivity contribution is 0.0965. The molecule has 6 heteroatoms. The second-order valence-corrected chi connectivity index (χ2v) is 8.00. The van der Waals surface area contributed by atoms with Gasteiger partial charge in [-0.15, -0.1) is 0 Å². The first-order valence-electron chi connectivity index (χ1n) is 10.2. The van der Waals surface area contributed by atoms with Gasteiger partial charge in [-0.05, 0) is 49.9 Å². The fraction of sp³-hybridized carbons (Fsp3) is 0.250. The predicted octanol–water partition coefficient (Wildman–Crippen LogP) is 3.96. The highest BCUT2D eigenvalue weighted by Crippen LogP contribution is 2.41. The molecule has 0 amide bonds. The van der Waals surface area contributed by atoms with Crippen LogP contribution in [-0.2, 0) is 6.54 Å². The van der Waals surface area contributed by atoms with Crippen LogP contribution < -0.4 is 5.56 Å². The van der Waals surface area contributed by atoms with Crippen LogP contribution in [0.25, 0.3) is 16.6 Å². The van der Waals surface area contributed by atoms with Crippen LogP contribution in [0.2, 0.25) is 0 Å². The van der Waals surface area contributed by atoms with E-state index < -0.39 is 0 Å². The minimum atomic E-state index is -0.297. The highest BCUT2D eigenvalue weighted by molar-refractivity contribution is 5.96. The minimum absolute atomic E-state index is 0.0867. The Balaban J connectivity index is 1.67. The van der Waals surface area contributed by atoms with Crippen molar-refractivity contribution in [2.24, 2.45) is 0 Å². The summed E-state index contributed by atoms with van der Waals surface area (Å²) in [5.41, 5.74) is 4.76. The third kappa shape index (κ3) is 3.14. The molecule has 6 nitrogen and oxygen atoms in total. The standard InChI is InChI=1S/C24H22N4O2/c1-15-8-11-19(12-16(15)2)28-23-20(13-25-28)22(18-9-10-18)26-27(24(23)30)14-21(29)17-6-4-3-5-7-17/h3-8,11-13,18H,9-10,14H2,1-2H3. The van der Waals surface area contributed by atoms with Crippen molar-refractivity contribution in [2.45, 2.75) is 39.2 Å². The van der Waals surface area contributed by atoms with Crippen molar-refractivity contribution in [1.29, 1.82) is 0 Å². The molecule has 150 valence electrons. The summed E-state index contributed by atoms with van der Waals surface area (Å²) >= 11 is 0. The Kier molecular flexibility index (Phi) is 4.35. The maximum Gasteiger partial charge on any atom is 0.293 e. The Morgan fingerprint density at radius 1 is 1.07 bits per heavy atom. The normalized spacial score (nSPS) is 13.7. The van der Waals surface area contributed by atoms with Crippen LogP contribution in [-0.4, -0.2) is 25.3 Å². The second-order valence-electron chi connectivity index (χ2n) is 8.00. The van der Waals surface area contributed by atoms with Crippen LogP contribution in [0.1, 0.15) is 45.9 Å². The first-order valence-corrected chi connectivity index (χ1v) is 10.2. The van der Waals surface area contributed by atoms with E-state index >= 15 is 0 Å². The van der Waals surface area contributed by atoms with E-state index in [1.54, 1.807) is 23.0 Å². The van der Waals surface area contributed by atoms with Crippen molar-refractivity contribution in [1.82, 2.24) is 19.6 Å². The van der Waals surface area contributed by atoms with E-state index in [9.17, 15) is 9.59 Å². The molecule has 0 bridgehead atoms. The molecule has 1 saturated carbocycles. The minimum Gasteiger partial charge on any atom is -0.292 e. The molecule has 0 unspecified atom stereocenters. The molecule has 1 aliphatic carbocycles. The lowest BCUT2D eigenvalue weighted by atomic mass is 10.1. The molecule has 2 aromatic heterocycles. The summed E-state index contributed by atoms with van der Waals surface area (Å²) in [6.07, 6.45) is 3.82. The summed E-state index contributed by atoms with van der Waals surface area (Å²) in [6.45, 7) is 4.01. The number of rotatable bonds is 5. The number of nitrogens with zero attached hydrogens (tertiary/aromatic N) is 4. The third-order valence-electron chi connectivity index (χ3n) is 5.80. The van der Waals surface area contributed by atoms with Gasteiger partial charge in [0.2, 0.25) is 0 Å². The summed E-state index contributed by atoms with van der Waals surface area (Å²) in [5, 5.41) is 9.90. The number of aryl methyl sites for hydroxylation is 2. The first kappa shape index (κ1) is 18.5. The van der Waals surface area contributed by atoms with E-state index in [1.807, 2.05) is 43.3 Å². The molecule has 0 radical (unpaired) electrons. The van der Waals surface area contributed by atoms with Crippen molar-refractivity contribution >= 4 is 16.7 Å². The van der Waals surface area contributed by atoms with Gasteiger partial charge in [-0.1, -0.05) is 36.4 Å². The number of carbonyl (C=O) groups is 1.